The van der Waals surface area contributed by atoms with Gasteiger partial charge in [-0.2, -0.15) is 0 Å². The van der Waals surface area contributed by atoms with Crippen LogP contribution in [0, 0.1) is 6.92 Å². The van der Waals surface area contributed by atoms with Crippen molar-refractivity contribution in [1.29, 1.82) is 0 Å². The summed E-state index contributed by atoms with van der Waals surface area (Å²) in [5.41, 5.74) is 2.16. The Hall–Kier alpha value is -2.69. The maximum Gasteiger partial charge on any atom is 0.263 e. The van der Waals surface area contributed by atoms with Crippen molar-refractivity contribution in [3.8, 4) is 17.2 Å². The van der Waals surface area contributed by atoms with E-state index in [0.29, 0.717) is 11.5 Å². The van der Waals surface area contributed by atoms with E-state index in [2.05, 4.69) is 0 Å². The van der Waals surface area contributed by atoms with Crippen LogP contribution in [0.4, 0.5) is 0 Å². The molecule has 0 radical (unpaired) electrons. The number of rotatable bonds is 6. The Morgan fingerprint density at radius 2 is 1.89 bits per heavy atom. The van der Waals surface area contributed by atoms with Gasteiger partial charge in [-0.15, -0.1) is 0 Å². The van der Waals surface area contributed by atoms with E-state index in [1.54, 1.807) is 14.2 Å². The molecule has 0 aliphatic carbocycles. The minimum atomic E-state index is -0.535. The van der Waals surface area contributed by atoms with Crippen LogP contribution in [0.1, 0.15) is 36.9 Å². The van der Waals surface area contributed by atoms with E-state index in [4.69, 9.17) is 14.2 Å². The first kappa shape index (κ1) is 19.1. The number of hydrogen-bond donors (Lipinski definition) is 0. The van der Waals surface area contributed by atoms with E-state index in [1.165, 1.54) is 0 Å². The van der Waals surface area contributed by atoms with Crippen LogP contribution in [0.15, 0.2) is 42.5 Å². The van der Waals surface area contributed by atoms with Crippen molar-refractivity contribution >= 4 is 5.91 Å². The zero-order valence-corrected chi connectivity index (χ0v) is 16.4. The molecule has 0 bridgehead atoms. The van der Waals surface area contributed by atoms with Gasteiger partial charge in [0, 0.05) is 6.54 Å². The summed E-state index contributed by atoms with van der Waals surface area (Å²) >= 11 is 0. The predicted molar refractivity (Wildman–Crippen MR) is 105 cm³/mol. The lowest BCUT2D eigenvalue weighted by atomic mass is 10.0. The normalized spacial score (nSPS) is 17.5. The highest BCUT2D eigenvalue weighted by atomic mass is 16.5. The van der Waals surface area contributed by atoms with Gasteiger partial charge in [0.25, 0.3) is 5.91 Å². The third-order valence-corrected chi connectivity index (χ3v) is 4.98. The van der Waals surface area contributed by atoms with E-state index in [9.17, 15) is 4.79 Å². The van der Waals surface area contributed by atoms with Crippen molar-refractivity contribution in [2.24, 2.45) is 0 Å². The van der Waals surface area contributed by atoms with E-state index >= 15 is 0 Å². The molecule has 1 aliphatic rings. The number of aryl methyl sites for hydroxylation is 1. The highest BCUT2D eigenvalue weighted by Gasteiger charge is 2.33. The number of carbonyl (C=O) groups is 1. The smallest absolute Gasteiger partial charge is 0.263 e. The molecule has 2 atom stereocenters. The third-order valence-electron chi connectivity index (χ3n) is 4.98. The molecule has 2 unspecified atom stereocenters. The van der Waals surface area contributed by atoms with Crippen LogP contribution in [0.2, 0.25) is 0 Å². The maximum atomic E-state index is 13.0. The van der Waals surface area contributed by atoms with Crippen LogP contribution in [0.3, 0.4) is 0 Å². The summed E-state index contributed by atoms with van der Waals surface area (Å²) in [7, 11) is 3.24. The molecule has 27 heavy (non-hydrogen) atoms. The summed E-state index contributed by atoms with van der Waals surface area (Å²) in [4.78, 5) is 15.0. The lowest BCUT2D eigenvalue weighted by Gasteiger charge is -2.28. The summed E-state index contributed by atoms with van der Waals surface area (Å²) in [6.07, 6.45) is 1.37. The van der Waals surface area contributed by atoms with Crippen LogP contribution in [0.25, 0.3) is 0 Å². The molecule has 5 nitrogen and oxygen atoms in total. The van der Waals surface area contributed by atoms with E-state index < -0.39 is 6.10 Å². The molecule has 1 aliphatic heterocycles. The van der Waals surface area contributed by atoms with Gasteiger partial charge in [-0.3, -0.25) is 4.79 Å². The number of carbonyl (C=O) groups excluding carboxylic acids is 1. The number of amides is 1. The van der Waals surface area contributed by atoms with Crippen LogP contribution in [-0.4, -0.2) is 37.7 Å². The molecule has 0 spiro atoms. The fraction of sp³-hybridized carbons (Fsp3) is 0.409. The van der Waals surface area contributed by atoms with Crippen molar-refractivity contribution < 1.29 is 19.0 Å². The Balaban J connectivity index is 1.76. The number of nitrogens with zero attached hydrogens (tertiary/aromatic N) is 1. The number of ether oxygens (including phenoxy) is 3. The minimum Gasteiger partial charge on any atom is -0.493 e. The molecule has 5 heteroatoms. The lowest BCUT2D eigenvalue weighted by molar-refractivity contribution is -0.138. The van der Waals surface area contributed by atoms with Gasteiger partial charge in [-0.1, -0.05) is 18.2 Å². The SMILES string of the molecule is COc1ccc(C2CCCN2C(=O)C(C)Oc2cccc(C)c2)cc1OC. The Labute approximate surface area is 160 Å². The Morgan fingerprint density at radius 1 is 1.11 bits per heavy atom. The summed E-state index contributed by atoms with van der Waals surface area (Å²) < 4.78 is 16.6. The van der Waals surface area contributed by atoms with Gasteiger partial charge in [0.05, 0.1) is 20.3 Å². The van der Waals surface area contributed by atoms with Crippen molar-refractivity contribution in [2.75, 3.05) is 20.8 Å². The zero-order valence-electron chi connectivity index (χ0n) is 16.4. The molecule has 1 amide bonds. The highest BCUT2D eigenvalue weighted by Crippen LogP contribution is 2.37. The van der Waals surface area contributed by atoms with Crippen molar-refractivity contribution in [3.05, 3.63) is 53.6 Å². The summed E-state index contributed by atoms with van der Waals surface area (Å²) in [5, 5.41) is 0. The summed E-state index contributed by atoms with van der Waals surface area (Å²) in [6.45, 7) is 4.56. The molecule has 2 aromatic rings. The second kappa shape index (κ2) is 8.33. The Kier molecular flexibility index (Phi) is 5.89. The van der Waals surface area contributed by atoms with Gasteiger partial charge in [-0.25, -0.2) is 0 Å². The first-order valence-corrected chi connectivity index (χ1v) is 9.29. The maximum absolute atomic E-state index is 13.0. The molecule has 0 N–H and O–H groups in total. The van der Waals surface area contributed by atoms with Crippen molar-refractivity contribution in [2.45, 2.75) is 38.8 Å². The van der Waals surface area contributed by atoms with Crippen LogP contribution < -0.4 is 14.2 Å². The highest BCUT2D eigenvalue weighted by molar-refractivity contribution is 5.81. The van der Waals surface area contributed by atoms with Crippen LogP contribution >= 0.6 is 0 Å². The standard InChI is InChI=1S/C22H27NO4/c1-15-7-5-8-18(13-15)27-16(2)22(24)23-12-6-9-19(23)17-10-11-20(25-3)21(14-17)26-4/h5,7-8,10-11,13-14,16,19H,6,9,12H2,1-4H3. The zero-order chi connectivity index (χ0) is 19.4. The van der Waals surface area contributed by atoms with Crippen molar-refractivity contribution in [1.82, 2.24) is 4.90 Å². The van der Waals surface area contributed by atoms with E-state index in [1.807, 2.05) is 61.2 Å². The van der Waals surface area contributed by atoms with Gasteiger partial charge < -0.3 is 19.1 Å². The molecule has 1 saturated heterocycles. The predicted octanol–water partition coefficient (Wildman–Crippen LogP) is 4.14. The molecular weight excluding hydrogens is 342 g/mol. The van der Waals surface area contributed by atoms with Crippen LogP contribution in [0.5, 0.6) is 17.2 Å². The molecule has 2 aromatic carbocycles. The molecule has 0 aromatic heterocycles. The number of methoxy groups -OCH3 is 2. The minimum absolute atomic E-state index is 0.00814. The van der Waals surface area contributed by atoms with Gasteiger partial charge in [-0.05, 0) is 62.1 Å². The Bertz CT molecular complexity index is 805. The first-order chi connectivity index (χ1) is 13.0. The topological polar surface area (TPSA) is 48.0 Å². The summed E-state index contributed by atoms with van der Waals surface area (Å²) in [6, 6.07) is 13.6. The first-order valence-electron chi connectivity index (χ1n) is 9.29. The Morgan fingerprint density at radius 3 is 2.59 bits per heavy atom. The number of benzene rings is 2. The monoisotopic (exact) mass is 369 g/mol. The lowest BCUT2D eigenvalue weighted by Crippen LogP contribution is -2.40. The average molecular weight is 369 g/mol. The van der Waals surface area contributed by atoms with Crippen molar-refractivity contribution in [3.63, 3.8) is 0 Å². The van der Waals surface area contributed by atoms with Gasteiger partial charge in [0.2, 0.25) is 0 Å². The van der Waals surface area contributed by atoms with Gasteiger partial charge in [0.15, 0.2) is 17.6 Å². The fourth-order valence-electron chi connectivity index (χ4n) is 3.61. The average Bonchev–Trinajstić information content (AvgIpc) is 3.16. The number of hydrogen-bond acceptors (Lipinski definition) is 4. The van der Waals surface area contributed by atoms with Gasteiger partial charge in [0.1, 0.15) is 5.75 Å². The molecule has 144 valence electrons. The van der Waals surface area contributed by atoms with Crippen LogP contribution in [-0.2, 0) is 4.79 Å². The van der Waals surface area contributed by atoms with E-state index in [0.717, 1.165) is 36.3 Å². The third kappa shape index (κ3) is 4.18. The second-order valence-corrected chi connectivity index (χ2v) is 6.88. The quantitative estimate of drug-likeness (QED) is 0.768. The molecule has 0 saturated carbocycles. The van der Waals surface area contributed by atoms with E-state index in [-0.39, 0.29) is 11.9 Å². The summed E-state index contributed by atoms with van der Waals surface area (Å²) in [5.74, 6) is 2.10. The fourth-order valence-corrected chi connectivity index (χ4v) is 3.61. The molecule has 1 fully saturated rings. The molecule has 1 heterocycles. The number of likely N-dealkylation sites (tertiary alicyclic amines) is 1. The van der Waals surface area contributed by atoms with Gasteiger partial charge >= 0.3 is 0 Å². The molecular formula is C22H27NO4. The largest absolute Gasteiger partial charge is 0.493 e. The molecule has 3 rings (SSSR count). The second-order valence-electron chi connectivity index (χ2n) is 6.88.